The molecule has 1 saturated heterocycles. The first-order valence-electron chi connectivity index (χ1n) is 8.33. The second-order valence-electron chi connectivity index (χ2n) is 6.55. The minimum atomic E-state index is 0.683. The topological polar surface area (TPSA) is 15.3 Å². The average Bonchev–Trinajstić information content (AvgIpc) is 3.19. The van der Waals surface area contributed by atoms with Gasteiger partial charge in [0.25, 0.3) is 0 Å². The van der Waals surface area contributed by atoms with Crippen LogP contribution in [0.3, 0.4) is 0 Å². The molecule has 2 fully saturated rings. The SMILES string of the molecule is CC(CNCc1cccs1)N1CCCC1C1CCCC1. The Balaban J connectivity index is 1.46. The van der Waals surface area contributed by atoms with Crippen molar-refractivity contribution in [2.24, 2.45) is 5.92 Å². The molecule has 1 aromatic heterocycles. The van der Waals surface area contributed by atoms with Crippen LogP contribution in [0.2, 0.25) is 0 Å². The predicted molar refractivity (Wildman–Crippen MR) is 87.2 cm³/mol. The summed E-state index contributed by atoms with van der Waals surface area (Å²) in [6.07, 6.45) is 8.77. The number of thiophene rings is 1. The van der Waals surface area contributed by atoms with Crippen molar-refractivity contribution in [1.29, 1.82) is 0 Å². The summed E-state index contributed by atoms with van der Waals surface area (Å²) in [6.45, 7) is 5.89. The van der Waals surface area contributed by atoms with Gasteiger partial charge in [-0.05, 0) is 56.5 Å². The van der Waals surface area contributed by atoms with Gasteiger partial charge in [-0.25, -0.2) is 0 Å². The van der Waals surface area contributed by atoms with E-state index in [2.05, 4.69) is 34.7 Å². The maximum Gasteiger partial charge on any atom is 0.0300 e. The molecule has 0 spiro atoms. The normalized spacial score (nSPS) is 26.4. The van der Waals surface area contributed by atoms with Crippen molar-refractivity contribution in [2.45, 2.75) is 64.1 Å². The molecule has 2 unspecified atom stereocenters. The molecule has 0 radical (unpaired) electrons. The van der Waals surface area contributed by atoms with E-state index in [4.69, 9.17) is 0 Å². The van der Waals surface area contributed by atoms with Gasteiger partial charge in [0.15, 0.2) is 0 Å². The van der Waals surface area contributed by atoms with Gasteiger partial charge in [0.2, 0.25) is 0 Å². The Hall–Kier alpha value is -0.380. The van der Waals surface area contributed by atoms with Gasteiger partial charge in [-0.2, -0.15) is 0 Å². The summed E-state index contributed by atoms with van der Waals surface area (Å²) in [6, 6.07) is 5.93. The van der Waals surface area contributed by atoms with E-state index in [0.29, 0.717) is 6.04 Å². The molecule has 112 valence electrons. The van der Waals surface area contributed by atoms with E-state index < -0.39 is 0 Å². The van der Waals surface area contributed by atoms with E-state index in [1.54, 1.807) is 0 Å². The van der Waals surface area contributed by atoms with Crippen LogP contribution in [-0.2, 0) is 6.54 Å². The predicted octanol–water partition coefficient (Wildman–Crippen LogP) is 3.88. The third-order valence-corrected chi connectivity index (χ3v) is 6.05. The fourth-order valence-electron chi connectivity index (χ4n) is 4.15. The summed E-state index contributed by atoms with van der Waals surface area (Å²) in [7, 11) is 0. The van der Waals surface area contributed by atoms with Crippen LogP contribution in [0.1, 0.15) is 50.3 Å². The molecule has 1 saturated carbocycles. The second kappa shape index (κ2) is 7.06. The van der Waals surface area contributed by atoms with Crippen LogP contribution < -0.4 is 5.32 Å². The fourth-order valence-corrected chi connectivity index (χ4v) is 4.82. The molecular formula is C17H28N2S. The van der Waals surface area contributed by atoms with Gasteiger partial charge < -0.3 is 5.32 Å². The Morgan fingerprint density at radius 1 is 1.30 bits per heavy atom. The fraction of sp³-hybridized carbons (Fsp3) is 0.765. The highest BCUT2D eigenvalue weighted by molar-refractivity contribution is 7.09. The van der Waals surface area contributed by atoms with Crippen molar-refractivity contribution in [3.63, 3.8) is 0 Å². The zero-order valence-corrected chi connectivity index (χ0v) is 13.5. The Morgan fingerprint density at radius 3 is 2.90 bits per heavy atom. The molecule has 3 heteroatoms. The van der Waals surface area contributed by atoms with E-state index in [0.717, 1.165) is 25.0 Å². The maximum absolute atomic E-state index is 3.64. The van der Waals surface area contributed by atoms with Crippen LogP contribution in [-0.4, -0.2) is 30.1 Å². The van der Waals surface area contributed by atoms with E-state index >= 15 is 0 Å². The van der Waals surface area contributed by atoms with Gasteiger partial charge >= 0.3 is 0 Å². The van der Waals surface area contributed by atoms with Gasteiger partial charge in [-0.15, -0.1) is 11.3 Å². The molecule has 0 bridgehead atoms. The van der Waals surface area contributed by atoms with E-state index in [-0.39, 0.29) is 0 Å². The summed E-state index contributed by atoms with van der Waals surface area (Å²) in [5, 5.41) is 5.81. The monoisotopic (exact) mass is 292 g/mol. The molecule has 2 heterocycles. The Morgan fingerprint density at radius 2 is 2.15 bits per heavy atom. The number of nitrogens with zero attached hydrogens (tertiary/aromatic N) is 1. The lowest BCUT2D eigenvalue weighted by Gasteiger charge is -2.34. The van der Waals surface area contributed by atoms with Crippen molar-refractivity contribution < 1.29 is 0 Å². The molecule has 20 heavy (non-hydrogen) atoms. The maximum atomic E-state index is 3.64. The average molecular weight is 292 g/mol. The molecule has 1 N–H and O–H groups in total. The minimum absolute atomic E-state index is 0.683. The van der Waals surface area contributed by atoms with Crippen LogP contribution in [0.25, 0.3) is 0 Å². The standard InChI is InChI=1S/C17H28N2S/c1-14(12-18-13-16-8-5-11-20-16)19-10-4-9-17(19)15-6-2-3-7-15/h5,8,11,14-15,17-18H,2-4,6-7,9-10,12-13H2,1H3. The van der Waals surface area contributed by atoms with Gasteiger partial charge in [-0.1, -0.05) is 18.9 Å². The third-order valence-electron chi connectivity index (χ3n) is 5.17. The molecular weight excluding hydrogens is 264 g/mol. The summed E-state index contributed by atoms with van der Waals surface area (Å²) < 4.78 is 0. The first-order valence-corrected chi connectivity index (χ1v) is 9.21. The molecule has 1 aliphatic carbocycles. The Labute approximate surface area is 127 Å². The third kappa shape index (κ3) is 3.44. The van der Waals surface area contributed by atoms with Gasteiger partial charge in [0.05, 0.1) is 0 Å². The summed E-state index contributed by atoms with van der Waals surface area (Å²) in [5.74, 6) is 0.997. The molecule has 3 rings (SSSR count). The van der Waals surface area contributed by atoms with Crippen molar-refractivity contribution in [2.75, 3.05) is 13.1 Å². The number of likely N-dealkylation sites (tertiary alicyclic amines) is 1. The summed E-state index contributed by atoms with van der Waals surface area (Å²) in [4.78, 5) is 4.25. The Kier molecular flexibility index (Phi) is 5.14. The van der Waals surface area contributed by atoms with Crippen LogP contribution in [0.15, 0.2) is 17.5 Å². The smallest absolute Gasteiger partial charge is 0.0300 e. The van der Waals surface area contributed by atoms with Gasteiger partial charge in [0.1, 0.15) is 0 Å². The van der Waals surface area contributed by atoms with E-state index in [1.165, 1.54) is 49.9 Å². The van der Waals surface area contributed by atoms with Gasteiger partial charge in [-0.3, -0.25) is 4.90 Å². The number of nitrogens with one attached hydrogen (secondary N) is 1. The first kappa shape index (κ1) is 14.6. The zero-order chi connectivity index (χ0) is 13.8. The largest absolute Gasteiger partial charge is 0.310 e. The van der Waals surface area contributed by atoms with Crippen molar-refractivity contribution >= 4 is 11.3 Å². The second-order valence-corrected chi connectivity index (χ2v) is 7.58. The van der Waals surface area contributed by atoms with Crippen LogP contribution in [0.5, 0.6) is 0 Å². The lowest BCUT2D eigenvalue weighted by Crippen LogP contribution is -2.45. The lowest BCUT2D eigenvalue weighted by atomic mass is 9.95. The highest BCUT2D eigenvalue weighted by Gasteiger charge is 2.35. The first-order chi connectivity index (χ1) is 9.84. The summed E-state index contributed by atoms with van der Waals surface area (Å²) in [5.41, 5.74) is 0. The molecule has 2 nitrogen and oxygen atoms in total. The molecule has 0 aromatic carbocycles. The van der Waals surface area contributed by atoms with Gasteiger partial charge in [0, 0.05) is 30.1 Å². The highest BCUT2D eigenvalue weighted by Crippen LogP contribution is 2.36. The zero-order valence-electron chi connectivity index (χ0n) is 12.7. The van der Waals surface area contributed by atoms with E-state index in [9.17, 15) is 0 Å². The molecule has 0 amide bonds. The lowest BCUT2D eigenvalue weighted by molar-refractivity contribution is 0.141. The van der Waals surface area contributed by atoms with E-state index in [1.807, 2.05) is 11.3 Å². The van der Waals surface area contributed by atoms with Crippen molar-refractivity contribution in [3.05, 3.63) is 22.4 Å². The van der Waals surface area contributed by atoms with Crippen molar-refractivity contribution in [1.82, 2.24) is 10.2 Å². The molecule has 2 aliphatic rings. The highest BCUT2D eigenvalue weighted by atomic mass is 32.1. The van der Waals surface area contributed by atoms with Crippen LogP contribution in [0.4, 0.5) is 0 Å². The van der Waals surface area contributed by atoms with Crippen LogP contribution in [0, 0.1) is 5.92 Å². The number of hydrogen-bond acceptors (Lipinski definition) is 3. The quantitative estimate of drug-likeness (QED) is 0.856. The molecule has 1 aromatic rings. The number of hydrogen-bond donors (Lipinski definition) is 1. The Bertz CT molecular complexity index is 384. The van der Waals surface area contributed by atoms with Crippen LogP contribution >= 0.6 is 11.3 Å². The minimum Gasteiger partial charge on any atom is -0.310 e. The molecule has 1 aliphatic heterocycles. The summed E-state index contributed by atoms with van der Waals surface area (Å²) >= 11 is 1.85. The van der Waals surface area contributed by atoms with Crippen molar-refractivity contribution in [3.8, 4) is 0 Å². The number of rotatable bonds is 6. The molecule has 2 atom stereocenters.